The van der Waals surface area contributed by atoms with Crippen LogP contribution >= 0.6 is 11.8 Å². The third kappa shape index (κ3) is 5.05. The van der Waals surface area contributed by atoms with E-state index in [0.29, 0.717) is 16.7 Å². The van der Waals surface area contributed by atoms with Crippen LogP contribution in [0.25, 0.3) is 33.1 Å². The molecule has 1 aliphatic carbocycles. The van der Waals surface area contributed by atoms with Gasteiger partial charge in [-0.3, -0.25) is 10.1 Å². The Morgan fingerprint density at radius 2 is 1.62 bits per heavy atom. The lowest BCUT2D eigenvalue weighted by molar-refractivity contribution is -0.385. The maximum atomic E-state index is 12.7. The molecule has 0 spiro atoms. The summed E-state index contributed by atoms with van der Waals surface area (Å²) in [6.07, 6.45) is -0.838. The van der Waals surface area contributed by atoms with Gasteiger partial charge in [-0.05, 0) is 41.3 Å². The van der Waals surface area contributed by atoms with Gasteiger partial charge < -0.3 is 19.6 Å². The molecule has 1 heterocycles. The minimum Gasteiger partial charge on any atom is -0.480 e. The monoisotopic (exact) mass is 582 g/mol. The number of alkyl carbamates (subject to hydrolysis) is 1. The molecular weight excluding hydrogens is 556 g/mol. The molecule has 4 aromatic carbocycles. The molecule has 1 amide bonds. The normalized spacial score (nSPS) is 13.8. The number of carboxylic acid groups (broad SMARTS) is 1. The Kier molecular flexibility index (Phi) is 7.30. The number of nitro groups is 1. The van der Waals surface area contributed by atoms with Gasteiger partial charge in [0.2, 0.25) is 0 Å². The zero-order valence-electron chi connectivity index (χ0n) is 22.5. The van der Waals surface area contributed by atoms with E-state index < -0.39 is 28.3 Å². The standard InChI is InChI=1S/C32H26N2O7S/c1-18(24-14-25-23-12-6-7-13-29(23)41-30(25)15-28(24)34(38)39)42-17-27(31(35)36)33-32(37)40-16-26-21-10-4-2-8-19(21)20-9-3-5-11-22(20)26/h2-15,18,26-27H,16-17H2,1H3,(H,33,37)(H,35,36)/t18?,27-/m0/s1. The van der Waals surface area contributed by atoms with Gasteiger partial charge in [0.1, 0.15) is 23.8 Å². The number of thioether (sulfide) groups is 1. The number of rotatable bonds is 9. The van der Waals surface area contributed by atoms with E-state index in [0.717, 1.165) is 33.0 Å². The van der Waals surface area contributed by atoms with Crippen LogP contribution < -0.4 is 5.32 Å². The number of para-hydroxylation sites is 1. The van der Waals surface area contributed by atoms with Crippen LogP contribution in [0.2, 0.25) is 0 Å². The molecule has 0 fully saturated rings. The average Bonchev–Trinajstić information content (AvgIpc) is 3.52. The van der Waals surface area contributed by atoms with Gasteiger partial charge in [0.25, 0.3) is 5.69 Å². The van der Waals surface area contributed by atoms with E-state index in [-0.39, 0.29) is 24.0 Å². The molecule has 6 rings (SSSR count). The van der Waals surface area contributed by atoms with Crippen molar-refractivity contribution < 1.29 is 28.8 Å². The van der Waals surface area contributed by atoms with Crippen LogP contribution in [0.1, 0.15) is 34.8 Å². The molecule has 2 atom stereocenters. The van der Waals surface area contributed by atoms with Crippen molar-refractivity contribution in [3.63, 3.8) is 0 Å². The number of carbonyl (C=O) groups excluding carboxylic acids is 1. The van der Waals surface area contributed by atoms with Crippen LogP contribution in [0.4, 0.5) is 10.5 Å². The zero-order chi connectivity index (χ0) is 29.4. The van der Waals surface area contributed by atoms with Crippen molar-refractivity contribution in [2.75, 3.05) is 12.4 Å². The molecule has 212 valence electrons. The third-order valence-corrected chi connectivity index (χ3v) is 8.89. The fourth-order valence-corrected chi connectivity index (χ4v) is 6.62. The Labute approximate surface area is 244 Å². The van der Waals surface area contributed by atoms with Gasteiger partial charge in [0.15, 0.2) is 0 Å². The molecule has 0 saturated carbocycles. The molecule has 5 aromatic rings. The van der Waals surface area contributed by atoms with Crippen molar-refractivity contribution in [3.05, 3.63) is 112 Å². The molecule has 0 aliphatic heterocycles. The third-order valence-electron chi connectivity index (χ3n) is 7.61. The van der Waals surface area contributed by atoms with Crippen LogP contribution in [-0.2, 0) is 9.53 Å². The van der Waals surface area contributed by atoms with Crippen molar-refractivity contribution in [1.82, 2.24) is 5.32 Å². The van der Waals surface area contributed by atoms with Crippen molar-refractivity contribution >= 4 is 51.5 Å². The lowest BCUT2D eigenvalue weighted by Gasteiger charge is -2.19. The molecule has 1 aliphatic rings. The lowest BCUT2D eigenvalue weighted by atomic mass is 9.98. The summed E-state index contributed by atoms with van der Waals surface area (Å²) in [5, 5.41) is 25.3. The van der Waals surface area contributed by atoms with E-state index in [1.165, 1.54) is 17.8 Å². The Bertz CT molecular complexity index is 1800. The SMILES string of the molecule is CC(SC[C@H](NC(=O)OCC1c2ccccc2-c2ccccc21)C(=O)O)c1cc2c(cc1[N+](=O)[O-])oc1ccccc12. The second-order valence-corrected chi connectivity index (χ2v) is 11.5. The number of nitrogens with zero attached hydrogens (tertiary/aromatic N) is 1. The highest BCUT2D eigenvalue weighted by molar-refractivity contribution is 7.99. The molecular formula is C32H26N2O7S. The second-order valence-electron chi connectivity index (χ2n) is 10.1. The highest BCUT2D eigenvalue weighted by atomic mass is 32.2. The number of fused-ring (bicyclic) bond motifs is 6. The summed E-state index contributed by atoms with van der Waals surface area (Å²) in [5.74, 6) is -1.41. The number of aliphatic carboxylic acids is 1. The molecule has 2 N–H and O–H groups in total. The van der Waals surface area contributed by atoms with Crippen molar-refractivity contribution in [3.8, 4) is 11.1 Å². The van der Waals surface area contributed by atoms with Crippen LogP contribution in [0.3, 0.4) is 0 Å². The smallest absolute Gasteiger partial charge is 0.407 e. The van der Waals surface area contributed by atoms with Crippen LogP contribution in [0, 0.1) is 10.1 Å². The highest BCUT2D eigenvalue weighted by Crippen LogP contribution is 2.44. The first kappa shape index (κ1) is 27.3. The quantitative estimate of drug-likeness (QED) is 0.137. The predicted octanol–water partition coefficient (Wildman–Crippen LogP) is 7.28. The fraction of sp³-hybridized carbons (Fsp3) is 0.188. The number of nitrogens with one attached hydrogen (secondary N) is 1. The number of amides is 1. The van der Waals surface area contributed by atoms with Gasteiger partial charge in [0, 0.05) is 33.3 Å². The summed E-state index contributed by atoms with van der Waals surface area (Å²) in [6, 6.07) is 25.1. The summed E-state index contributed by atoms with van der Waals surface area (Å²) in [7, 11) is 0. The predicted molar refractivity (Wildman–Crippen MR) is 161 cm³/mol. The minimum absolute atomic E-state index is 0.0258. The topological polar surface area (TPSA) is 132 Å². The highest BCUT2D eigenvalue weighted by Gasteiger charge is 2.30. The second kappa shape index (κ2) is 11.2. The minimum atomic E-state index is -1.26. The Hall–Kier alpha value is -4.83. The van der Waals surface area contributed by atoms with Gasteiger partial charge in [-0.25, -0.2) is 9.59 Å². The largest absolute Gasteiger partial charge is 0.480 e. The molecule has 0 bridgehead atoms. The van der Waals surface area contributed by atoms with Gasteiger partial charge >= 0.3 is 12.1 Å². The number of benzene rings is 4. The first-order chi connectivity index (χ1) is 20.3. The maximum Gasteiger partial charge on any atom is 0.407 e. The number of nitro benzene ring substituents is 1. The Balaban J connectivity index is 1.14. The van der Waals surface area contributed by atoms with Gasteiger partial charge in [-0.2, -0.15) is 11.8 Å². The van der Waals surface area contributed by atoms with E-state index in [2.05, 4.69) is 5.32 Å². The number of carboxylic acids is 1. The van der Waals surface area contributed by atoms with Crippen molar-refractivity contribution in [1.29, 1.82) is 0 Å². The van der Waals surface area contributed by atoms with Crippen LogP contribution in [-0.4, -0.2) is 40.5 Å². The molecule has 0 saturated heterocycles. The summed E-state index contributed by atoms with van der Waals surface area (Å²) in [5.41, 5.74) is 5.64. The van der Waals surface area contributed by atoms with Gasteiger partial charge in [0.05, 0.1) is 11.0 Å². The number of carbonyl (C=O) groups is 2. The van der Waals surface area contributed by atoms with E-state index in [1.54, 1.807) is 19.1 Å². The van der Waals surface area contributed by atoms with Crippen molar-refractivity contribution in [2.24, 2.45) is 0 Å². The summed E-state index contributed by atoms with van der Waals surface area (Å²) < 4.78 is 11.3. The summed E-state index contributed by atoms with van der Waals surface area (Å²) >= 11 is 1.19. The Morgan fingerprint density at radius 3 is 2.29 bits per heavy atom. The Morgan fingerprint density at radius 1 is 0.976 bits per heavy atom. The molecule has 10 heteroatoms. The number of hydrogen-bond acceptors (Lipinski definition) is 7. The average molecular weight is 583 g/mol. The van der Waals surface area contributed by atoms with Crippen LogP contribution in [0.5, 0.6) is 0 Å². The lowest BCUT2D eigenvalue weighted by Crippen LogP contribution is -2.43. The van der Waals surface area contributed by atoms with Crippen LogP contribution in [0.15, 0.2) is 89.3 Å². The van der Waals surface area contributed by atoms with E-state index >= 15 is 0 Å². The first-order valence-corrected chi connectivity index (χ1v) is 14.4. The van der Waals surface area contributed by atoms with E-state index in [9.17, 15) is 24.8 Å². The van der Waals surface area contributed by atoms with E-state index in [1.807, 2.05) is 66.7 Å². The number of furan rings is 1. The first-order valence-electron chi connectivity index (χ1n) is 13.4. The molecule has 42 heavy (non-hydrogen) atoms. The zero-order valence-corrected chi connectivity index (χ0v) is 23.3. The molecule has 0 radical (unpaired) electrons. The number of hydrogen-bond donors (Lipinski definition) is 2. The van der Waals surface area contributed by atoms with E-state index in [4.69, 9.17) is 9.15 Å². The summed E-state index contributed by atoms with van der Waals surface area (Å²) in [4.78, 5) is 36.2. The van der Waals surface area contributed by atoms with Gasteiger partial charge in [-0.15, -0.1) is 0 Å². The fourth-order valence-electron chi connectivity index (χ4n) is 5.55. The molecule has 1 aromatic heterocycles. The molecule has 1 unspecified atom stereocenters. The summed E-state index contributed by atoms with van der Waals surface area (Å²) in [6.45, 7) is 1.83. The van der Waals surface area contributed by atoms with Crippen molar-refractivity contribution in [2.45, 2.75) is 24.1 Å². The van der Waals surface area contributed by atoms with Gasteiger partial charge in [-0.1, -0.05) is 66.7 Å². The number of ether oxygens (including phenoxy) is 1. The maximum absolute atomic E-state index is 12.7. The molecule has 9 nitrogen and oxygen atoms in total.